The van der Waals surface area contributed by atoms with E-state index < -0.39 is 39.6 Å². The molecule has 0 N–H and O–H groups in total. The third kappa shape index (κ3) is 13.1. The van der Waals surface area contributed by atoms with Gasteiger partial charge in [-0.25, -0.2) is 0 Å². The molecule has 0 saturated carbocycles. The Morgan fingerprint density at radius 3 is 1.67 bits per heavy atom. The molecule has 2 fully saturated rings. The van der Waals surface area contributed by atoms with Crippen molar-refractivity contribution < 1.29 is 31.9 Å². The molecule has 7 atom stereocenters. The molecule has 36 heavy (non-hydrogen) atoms. The van der Waals surface area contributed by atoms with E-state index in [0.717, 1.165) is 6.42 Å². The quantitative estimate of drug-likeness (QED) is 0.247. The highest BCUT2D eigenvalue weighted by Crippen LogP contribution is 2.34. The van der Waals surface area contributed by atoms with Crippen molar-refractivity contribution in [1.29, 1.82) is 0 Å². The van der Waals surface area contributed by atoms with Gasteiger partial charge in [0.25, 0.3) is 0 Å². The van der Waals surface area contributed by atoms with Gasteiger partial charge < -0.3 is 31.9 Å². The Kier molecular flexibility index (Phi) is 11.7. The van der Waals surface area contributed by atoms with E-state index in [1.807, 2.05) is 0 Å². The van der Waals surface area contributed by atoms with Crippen LogP contribution in [0.4, 0.5) is 0 Å². The van der Waals surface area contributed by atoms with E-state index in [2.05, 4.69) is 85.5 Å². The van der Waals surface area contributed by atoms with Gasteiger partial charge in [-0.3, -0.25) is 0 Å². The van der Waals surface area contributed by atoms with Crippen LogP contribution in [-0.4, -0.2) is 83.5 Å². The molecule has 2 aliphatic rings. The summed E-state index contributed by atoms with van der Waals surface area (Å²) in [5, 5.41) is 0. The van der Waals surface area contributed by atoms with Gasteiger partial charge in [0.2, 0.25) is 0 Å². The molecule has 2 saturated heterocycles. The van der Waals surface area contributed by atoms with E-state index in [1.165, 1.54) is 0 Å². The Balaban J connectivity index is 2.14. The summed E-state index contributed by atoms with van der Waals surface area (Å²) in [4.78, 5) is 0. The van der Waals surface area contributed by atoms with E-state index in [0.29, 0.717) is 26.1 Å². The smallest absolute Gasteiger partial charge is 0.184 e. The molecule has 11 heteroatoms. The Bertz CT molecular complexity index is 669. The molecule has 0 aromatic rings. The zero-order chi connectivity index (χ0) is 27.5. The first-order valence-electron chi connectivity index (χ1n) is 13.8. The minimum Gasteiger partial charge on any atom is -0.415 e. The molecule has 7 nitrogen and oxygen atoms in total. The SMILES string of the molecule is C[C@H]1C(O[Si](C)(C)C)C[C@@H](OC2CC(O[Si](C)(C)C)C[C@@H](CO[Si](C)(C)C)O2)O[C@@H]1CO[Si](C)(C)C. The van der Waals surface area contributed by atoms with E-state index in [9.17, 15) is 0 Å². The third-order valence-electron chi connectivity index (χ3n) is 5.96. The van der Waals surface area contributed by atoms with Crippen LogP contribution in [0.1, 0.15) is 26.2 Å². The van der Waals surface area contributed by atoms with Gasteiger partial charge in [-0.15, -0.1) is 0 Å². The molecular formula is C25H56O7Si4. The van der Waals surface area contributed by atoms with Crippen LogP contribution in [0.15, 0.2) is 0 Å². The van der Waals surface area contributed by atoms with Crippen molar-refractivity contribution in [2.24, 2.45) is 5.92 Å². The zero-order valence-electron chi connectivity index (χ0n) is 25.4. The molecule has 0 aromatic heterocycles. The van der Waals surface area contributed by atoms with Crippen molar-refractivity contribution in [3.63, 3.8) is 0 Å². The van der Waals surface area contributed by atoms with E-state index >= 15 is 0 Å². The van der Waals surface area contributed by atoms with Crippen LogP contribution in [0, 0.1) is 5.92 Å². The van der Waals surface area contributed by atoms with Gasteiger partial charge in [-0.1, -0.05) is 6.92 Å². The maximum atomic E-state index is 6.62. The lowest BCUT2D eigenvalue weighted by molar-refractivity contribution is -0.315. The van der Waals surface area contributed by atoms with Crippen LogP contribution in [0.2, 0.25) is 78.6 Å². The molecule has 2 rings (SSSR count). The monoisotopic (exact) mass is 580 g/mol. The van der Waals surface area contributed by atoms with Crippen molar-refractivity contribution in [3.8, 4) is 0 Å². The van der Waals surface area contributed by atoms with Gasteiger partial charge in [0, 0.05) is 25.2 Å². The van der Waals surface area contributed by atoms with Crippen molar-refractivity contribution in [3.05, 3.63) is 0 Å². The van der Waals surface area contributed by atoms with Crippen molar-refractivity contribution in [1.82, 2.24) is 0 Å². The van der Waals surface area contributed by atoms with E-state index in [1.54, 1.807) is 0 Å². The molecule has 0 aliphatic carbocycles. The summed E-state index contributed by atoms with van der Waals surface area (Å²) in [5.41, 5.74) is 0. The molecule has 0 amide bonds. The Morgan fingerprint density at radius 2 is 1.14 bits per heavy atom. The summed E-state index contributed by atoms with van der Waals surface area (Å²) in [6.07, 6.45) is 1.53. The second kappa shape index (κ2) is 12.8. The van der Waals surface area contributed by atoms with Gasteiger partial charge in [0.1, 0.15) is 0 Å². The van der Waals surface area contributed by atoms with Gasteiger partial charge in [0.05, 0.1) is 37.6 Å². The summed E-state index contributed by atoms with van der Waals surface area (Å²) < 4.78 is 45.1. The predicted octanol–water partition coefficient (Wildman–Crippen LogP) is 6.40. The lowest BCUT2D eigenvalue weighted by Crippen LogP contribution is -2.52. The van der Waals surface area contributed by atoms with E-state index in [4.69, 9.17) is 31.9 Å². The molecule has 2 heterocycles. The zero-order valence-corrected chi connectivity index (χ0v) is 29.4. The lowest BCUT2D eigenvalue weighted by Gasteiger charge is -2.45. The number of rotatable bonds is 12. The first-order valence-corrected chi connectivity index (χ1v) is 27.4. The third-order valence-corrected chi connectivity index (χ3v) is 10.1. The highest BCUT2D eigenvalue weighted by molar-refractivity contribution is 6.70. The van der Waals surface area contributed by atoms with Gasteiger partial charge in [0.15, 0.2) is 45.8 Å². The van der Waals surface area contributed by atoms with Gasteiger partial charge in [-0.05, 0) is 78.6 Å². The molecule has 214 valence electrons. The second-order valence-corrected chi connectivity index (χ2v) is 32.4. The lowest BCUT2D eigenvalue weighted by atomic mass is 9.93. The largest absolute Gasteiger partial charge is 0.415 e. The summed E-state index contributed by atoms with van der Waals surface area (Å²) in [6.45, 7) is 30.0. The van der Waals surface area contributed by atoms with Crippen LogP contribution >= 0.6 is 0 Å². The van der Waals surface area contributed by atoms with Crippen molar-refractivity contribution in [2.45, 2.75) is 142 Å². The molecule has 2 aliphatic heterocycles. The van der Waals surface area contributed by atoms with Gasteiger partial charge >= 0.3 is 0 Å². The standard InChI is InChI=1S/C25H56O7Si4/c1-19-22(32-36(11,12)13)16-25(29-23(19)18-27-34(5,6)7)30-24-15-20(31-35(8,9)10)14-21(28-24)17-26-33(2,3)4/h19-25H,14-18H2,1-13H3/t19-,20?,21-,22?,23+,24?,25+/m0/s1. The van der Waals surface area contributed by atoms with Crippen LogP contribution in [0.3, 0.4) is 0 Å². The highest BCUT2D eigenvalue weighted by Gasteiger charge is 2.42. The van der Waals surface area contributed by atoms with Crippen molar-refractivity contribution in [2.75, 3.05) is 13.2 Å². The Morgan fingerprint density at radius 1 is 0.611 bits per heavy atom. The average Bonchev–Trinajstić information content (AvgIpc) is 2.64. The number of hydrogen-bond donors (Lipinski definition) is 0. The van der Waals surface area contributed by atoms with Crippen LogP contribution < -0.4 is 0 Å². The maximum absolute atomic E-state index is 6.62. The first-order chi connectivity index (χ1) is 16.2. The highest BCUT2D eigenvalue weighted by atomic mass is 28.4. The molecule has 0 aromatic carbocycles. The summed E-state index contributed by atoms with van der Waals surface area (Å²) >= 11 is 0. The second-order valence-electron chi connectivity index (χ2n) is 14.5. The average molecular weight is 581 g/mol. The predicted molar refractivity (Wildman–Crippen MR) is 156 cm³/mol. The maximum Gasteiger partial charge on any atom is 0.184 e. The Hall–Kier alpha value is 0.588. The van der Waals surface area contributed by atoms with Crippen LogP contribution in [-0.2, 0) is 31.9 Å². The first kappa shape index (κ1) is 32.8. The normalized spacial score (nSPS) is 33.1. The van der Waals surface area contributed by atoms with E-state index in [-0.39, 0.29) is 36.6 Å². The number of ether oxygens (including phenoxy) is 3. The molecule has 0 bridgehead atoms. The minimum absolute atomic E-state index is 0.0422. The molecule has 0 radical (unpaired) electrons. The molecular weight excluding hydrogens is 525 g/mol. The fourth-order valence-corrected chi connectivity index (χ4v) is 8.23. The summed E-state index contributed by atoms with van der Waals surface area (Å²) in [5.74, 6) is 0.237. The van der Waals surface area contributed by atoms with Crippen LogP contribution in [0.5, 0.6) is 0 Å². The van der Waals surface area contributed by atoms with Crippen molar-refractivity contribution >= 4 is 33.3 Å². The fraction of sp³-hybridized carbons (Fsp3) is 1.00. The number of hydrogen-bond acceptors (Lipinski definition) is 7. The van der Waals surface area contributed by atoms with Gasteiger partial charge in [-0.2, -0.15) is 0 Å². The molecule has 3 unspecified atom stereocenters. The minimum atomic E-state index is -1.74. The molecule has 0 spiro atoms. The Labute approximate surface area is 225 Å². The van der Waals surface area contributed by atoms with Crippen LogP contribution in [0.25, 0.3) is 0 Å². The summed E-state index contributed by atoms with van der Waals surface area (Å²) in [7, 11) is -6.76. The summed E-state index contributed by atoms with van der Waals surface area (Å²) in [6, 6.07) is 0. The fourth-order valence-electron chi connectivity index (χ4n) is 4.47. The topological polar surface area (TPSA) is 64.6 Å².